The smallest absolute Gasteiger partial charge is 0.468 e. The summed E-state index contributed by atoms with van der Waals surface area (Å²) in [5.74, 6) is -1.36. The molecule has 4 nitrogen and oxygen atoms in total. The Morgan fingerprint density at radius 2 is 1.94 bits per heavy atom. The van der Waals surface area contributed by atoms with E-state index >= 15 is 0 Å². The van der Waals surface area contributed by atoms with Crippen molar-refractivity contribution in [1.29, 1.82) is 0 Å². The minimum absolute atomic E-state index is 0.0864. The highest BCUT2D eigenvalue weighted by molar-refractivity contribution is 5.78. The van der Waals surface area contributed by atoms with Crippen LogP contribution < -0.4 is 10.5 Å². The minimum Gasteiger partial charge on any atom is -0.468 e. The van der Waals surface area contributed by atoms with Gasteiger partial charge in [-0.25, -0.2) is 0 Å². The van der Waals surface area contributed by atoms with E-state index in [0.717, 1.165) is 13.2 Å². The molecule has 17 heavy (non-hydrogen) atoms. The lowest BCUT2D eigenvalue weighted by atomic mass is 10.1. The molecule has 94 valence electrons. The first-order valence-corrected chi connectivity index (χ1v) is 4.53. The number of methoxy groups -OCH3 is 1. The maximum atomic E-state index is 12.1. The van der Waals surface area contributed by atoms with Crippen molar-refractivity contribution in [2.75, 3.05) is 7.11 Å². The van der Waals surface area contributed by atoms with Crippen molar-refractivity contribution in [2.45, 2.75) is 12.4 Å². The first-order chi connectivity index (χ1) is 7.85. The molecule has 0 radical (unpaired) electrons. The molecule has 0 aliphatic rings. The highest BCUT2D eigenvalue weighted by Gasteiger charge is 2.33. The van der Waals surface area contributed by atoms with E-state index in [4.69, 9.17) is 5.73 Å². The maximum Gasteiger partial charge on any atom is 0.573 e. The number of hydrogen-bond donors (Lipinski definition) is 1. The molecule has 0 amide bonds. The molecule has 0 spiro atoms. The molecule has 0 unspecified atom stereocenters. The second kappa shape index (κ2) is 5.05. The molecule has 0 aliphatic heterocycles. The van der Waals surface area contributed by atoms with E-state index in [1.807, 2.05) is 0 Å². The summed E-state index contributed by atoms with van der Waals surface area (Å²) >= 11 is 0. The van der Waals surface area contributed by atoms with Crippen LogP contribution in [-0.2, 0) is 9.53 Å². The number of carbonyl (C=O) groups excluding carboxylic acids is 1. The zero-order valence-corrected chi connectivity index (χ0v) is 8.82. The van der Waals surface area contributed by atoms with Gasteiger partial charge in [0.2, 0.25) is 0 Å². The number of rotatable bonds is 3. The third-order valence-electron chi connectivity index (χ3n) is 1.93. The van der Waals surface area contributed by atoms with E-state index in [9.17, 15) is 18.0 Å². The van der Waals surface area contributed by atoms with E-state index in [1.54, 1.807) is 0 Å². The van der Waals surface area contributed by atoms with E-state index in [-0.39, 0.29) is 5.56 Å². The lowest BCUT2D eigenvalue weighted by molar-refractivity contribution is -0.275. The van der Waals surface area contributed by atoms with Gasteiger partial charge in [0, 0.05) is 5.56 Å². The third kappa shape index (κ3) is 3.63. The zero-order chi connectivity index (χ0) is 13.1. The zero-order valence-electron chi connectivity index (χ0n) is 8.82. The summed E-state index contributed by atoms with van der Waals surface area (Å²) in [6.45, 7) is 0. The standard InChI is InChI=1S/C10H10F3NO3/c1-16-9(15)8(14)6-4-2-3-5-7(6)17-10(11,12)13/h2-5,8H,14H2,1H3/t8-/m0/s1. The Kier molecular flexibility index (Phi) is 3.95. The number of benzene rings is 1. The van der Waals surface area contributed by atoms with Gasteiger partial charge in [-0.3, -0.25) is 4.79 Å². The van der Waals surface area contributed by atoms with Crippen molar-refractivity contribution in [3.8, 4) is 5.75 Å². The number of alkyl halides is 3. The molecule has 1 aromatic rings. The monoisotopic (exact) mass is 249 g/mol. The van der Waals surface area contributed by atoms with Crippen LogP contribution in [-0.4, -0.2) is 19.4 Å². The van der Waals surface area contributed by atoms with Crippen molar-refractivity contribution in [3.63, 3.8) is 0 Å². The van der Waals surface area contributed by atoms with Gasteiger partial charge in [-0.2, -0.15) is 0 Å². The summed E-state index contributed by atoms with van der Waals surface area (Å²) in [6, 6.07) is 3.81. The molecule has 2 N–H and O–H groups in total. The van der Waals surface area contributed by atoms with Crippen molar-refractivity contribution < 1.29 is 27.4 Å². The predicted molar refractivity (Wildman–Crippen MR) is 52.1 cm³/mol. The average Bonchev–Trinajstić information content (AvgIpc) is 2.25. The average molecular weight is 249 g/mol. The third-order valence-corrected chi connectivity index (χ3v) is 1.93. The molecular formula is C10H10F3NO3. The molecule has 1 rings (SSSR count). The van der Waals surface area contributed by atoms with Gasteiger partial charge >= 0.3 is 12.3 Å². The van der Waals surface area contributed by atoms with Gasteiger partial charge in [-0.1, -0.05) is 18.2 Å². The SMILES string of the molecule is COC(=O)[C@@H](N)c1ccccc1OC(F)(F)F. The summed E-state index contributed by atoms with van der Waals surface area (Å²) in [5, 5.41) is 0. The molecule has 0 bridgehead atoms. The van der Waals surface area contributed by atoms with Gasteiger partial charge in [0.05, 0.1) is 7.11 Å². The topological polar surface area (TPSA) is 61.5 Å². The number of carbonyl (C=O) groups is 1. The van der Waals surface area contributed by atoms with Crippen molar-refractivity contribution in [2.24, 2.45) is 5.73 Å². The molecule has 0 aromatic heterocycles. The van der Waals surface area contributed by atoms with Crippen LogP contribution >= 0.6 is 0 Å². The largest absolute Gasteiger partial charge is 0.573 e. The molecule has 0 fully saturated rings. The van der Waals surface area contributed by atoms with Crippen molar-refractivity contribution >= 4 is 5.97 Å². The van der Waals surface area contributed by atoms with Crippen molar-refractivity contribution in [1.82, 2.24) is 0 Å². The van der Waals surface area contributed by atoms with Crippen LogP contribution in [0.1, 0.15) is 11.6 Å². The fourth-order valence-corrected chi connectivity index (χ4v) is 1.21. The molecule has 0 saturated heterocycles. The number of esters is 1. The van der Waals surface area contributed by atoms with Crippen LogP contribution in [0.2, 0.25) is 0 Å². The Labute approximate surface area is 95.1 Å². The molecular weight excluding hydrogens is 239 g/mol. The quantitative estimate of drug-likeness (QED) is 0.829. The number of hydrogen-bond acceptors (Lipinski definition) is 4. The van der Waals surface area contributed by atoms with E-state index in [2.05, 4.69) is 9.47 Å². The van der Waals surface area contributed by atoms with E-state index in [1.165, 1.54) is 18.2 Å². The summed E-state index contributed by atoms with van der Waals surface area (Å²) in [5.41, 5.74) is 5.36. The number of para-hydroxylation sites is 1. The van der Waals surface area contributed by atoms with E-state index < -0.39 is 24.1 Å². The van der Waals surface area contributed by atoms with Gasteiger partial charge in [-0.15, -0.1) is 13.2 Å². The highest BCUT2D eigenvalue weighted by atomic mass is 19.4. The number of ether oxygens (including phenoxy) is 2. The predicted octanol–water partition coefficient (Wildman–Crippen LogP) is 1.76. The van der Waals surface area contributed by atoms with Gasteiger partial charge in [0.25, 0.3) is 0 Å². The number of halogens is 3. The Hall–Kier alpha value is -1.76. The lowest BCUT2D eigenvalue weighted by Gasteiger charge is -2.16. The van der Waals surface area contributed by atoms with Crippen LogP contribution in [0, 0.1) is 0 Å². The summed E-state index contributed by atoms with van der Waals surface area (Å²) in [4.78, 5) is 11.1. The fourth-order valence-electron chi connectivity index (χ4n) is 1.21. The first kappa shape index (κ1) is 13.3. The van der Waals surface area contributed by atoms with Gasteiger partial charge in [-0.05, 0) is 6.07 Å². The maximum absolute atomic E-state index is 12.1. The second-order valence-electron chi connectivity index (χ2n) is 3.09. The first-order valence-electron chi connectivity index (χ1n) is 4.53. The van der Waals surface area contributed by atoms with Gasteiger partial charge in [0.15, 0.2) is 0 Å². The molecule has 0 aliphatic carbocycles. The Bertz CT molecular complexity index is 406. The Morgan fingerprint density at radius 1 is 1.35 bits per heavy atom. The molecule has 1 atom stereocenters. The summed E-state index contributed by atoms with van der Waals surface area (Å²) < 4.78 is 44.4. The Balaban J connectivity index is 3.03. The van der Waals surface area contributed by atoms with Crippen LogP contribution in [0.15, 0.2) is 24.3 Å². The van der Waals surface area contributed by atoms with Gasteiger partial charge < -0.3 is 15.2 Å². The summed E-state index contributed by atoms with van der Waals surface area (Å²) in [6.07, 6.45) is -4.84. The number of nitrogens with two attached hydrogens (primary N) is 1. The van der Waals surface area contributed by atoms with Crippen molar-refractivity contribution in [3.05, 3.63) is 29.8 Å². The molecule has 1 aromatic carbocycles. The lowest BCUT2D eigenvalue weighted by Crippen LogP contribution is -2.25. The summed E-state index contributed by atoms with van der Waals surface area (Å²) in [7, 11) is 1.09. The molecule has 7 heteroatoms. The van der Waals surface area contributed by atoms with Crippen LogP contribution in [0.25, 0.3) is 0 Å². The van der Waals surface area contributed by atoms with Crippen LogP contribution in [0.3, 0.4) is 0 Å². The fraction of sp³-hybridized carbons (Fsp3) is 0.300. The molecule has 0 heterocycles. The minimum atomic E-state index is -4.84. The molecule has 0 saturated carbocycles. The van der Waals surface area contributed by atoms with Gasteiger partial charge in [0.1, 0.15) is 11.8 Å². The Morgan fingerprint density at radius 3 is 2.47 bits per heavy atom. The highest BCUT2D eigenvalue weighted by Crippen LogP contribution is 2.29. The second-order valence-corrected chi connectivity index (χ2v) is 3.09. The normalized spacial score (nSPS) is 13.0. The van der Waals surface area contributed by atoms with Crippen LogP contribution in [0.4, 0.5) is 13.2 Å². The van der Waals surface area contributed by atoms with E-state index in [0.29, 0.717) is 0 Å². The van der Waals surface area contributed by atoms with Crippen LogP contribution in [0.5, 0.6) is 5.75 Å².